The van der Waals surface area contributed by atoms with Gasteiger partial charge in [-0.3, -0.25) is 9.59 Å². The number of nitrogens with one attached hydrogen (secondary N) is 3. The Bertz CT molecular complexity index is 897. The predicted molar refractivity (Wildman–Crippen MR) is 98.7 cm³/mol. The molecule has 0 heterocycles. The zero-order valence-electron chi connectivity index (χ0n) is 14.7. The van der Waals surface area contributed by atoms with E-state index in [1.807, 2.05) is 0 Å². The average molecular weight is 393 g/mol. The third-order valence-electron chi connectivity index (χ3n) is 3.70. The topological polar surface area (TPSA) is 104 Å². The number of hydrogen-bond donors (Lipinski definition) is 3. The van der Waals surface area contributed by atoms with E-state index >= 15 is 0 Å². The van der Waals surface area contributed by atoms with Gasteiger partial charge in [0.2, 0.25) is 15.9 Å². The van der Waals surface area contributed by atoms with Crippen LogP contribution >= 0.6 is 0 Å². The number of halogens is 1. The molecule has 0 atom stereocenters. The number of hydrogen-bond acceptors (Lipinski definition) is 4. The molecule has 0 spiro atoms. The van der Waals surface area contributed by atoms with Crippen LogP contribution in [-0.4, -0.2) is 33.8 Å². The molecule has 0 saturated heterocycles. The van der Waals surface area contributed by atoms with Gasteiger partial charge >= 0.3 is 0 Å². The first-order valence-electron chi connectivity index (χ1n) is 8.08. The van der Waals surface area contributed by atoms with Crippen molar-refractivity contribution >= 4 is 21.8 Å². The highest BCUT2D eigenvalue weighted by atomic mass is 32.2. The summed E-state index contributed by atoms with van der Waals surface area (Å²) in [5.41, 5.74) is 1.68. The number of amides is 2. The van der Waals surface area contributed by atoms with Crippen LogP contribution in [0.5, 0.6) is 0 Å². The molecule has 2 rings (SSSR count). The first-order valence-corrected chi connectivity index (χ1v) is 9.74. The third kappa shape index (κ3) is 6.80. The Morgan fingerprint density at radius 1 is 0.926 bits per heavy atom. The molecule has 0 aliphatic rings. The highest BCUT2D eigenvalue weighted by Gasteiger charge is 2.10. The Morgan fingerprint density at radius 3 is 2.11 bits per heavy atom. The summed E-state index contributed by atoms with van der Waals surface area (Å²) in [6.07, 6.45) is 0. The van der Waals surface area contributed by atoms with E-state index in [4.69, 9.17) is 0 Å². The second kappa shape index (κ2) is 9.24. The summed E-state index contributed by atoms with van der Waals surface area (Å²) >= 11 is 0. The molecule has 0 unspecified atom stereocenters. The fraction of sp³-hybridized carbons (Fsp3) is 0.222. The molecule has 0 radical (unpaired) electrons. The lowest BCUT2D eigenvalue weighted by atomic mass is 10.1. The predicted octanol–water partition coefficient (Wildman–Crippen LogP) is 0.921. The first kappa shape index (κ1) is 20.5. The van der Waals surface area contributed by atoms with Crippen LogP contribution in [0, 0.1) is 5.82 Å². The third-order valence-corrected chi connectivity index (χ3v) is 5.03. The van der Waals surface area contributed by atoms with Gasteiger partial charge in [0.05, 0.1) is 12.3 Å². The van der Waals surface area contributed by atoms with E-state index in [-0.39, 0.29) is 30.3 Å². The Balaban J connectivity index is 1.78. The Morgan fingerprint density at radius 2 is 1.52 bits per heavy atom. The van der Waals surface area contributed by atoms with Crippen molar-refractivity contribution < 1.29 is 22.4 Å². The first-order chi connectivity index (χ1) is 12.8. The van der Waals surface area contributed by atoms with Crippen LogP contribution in [0.25, 0.3) is 0 Å². The minimum atomic E-state index is -3.33. The fourth-order valence-corrected chi connectivity index (χ4v) is 2.95. The van der Waals surface area contributed by atoms with E-state index in [1.165, 1.54) is 31.3 Å². The van der Waals surface area contributed by atoms with Gasteiger partial charge < -0.3 is 10.6 Å². The maximum Gasteiger partial charge on any atom is 0.251 e. The van der Waals surface area contributed by atoms with Gasteiger partial charge in [-0.15, -0.1) is 0 Å². The van der Waals surface area contributed by atoms with Gasteiger partial charge in [-0.25, -0.2) is 17.5 Å². The van der Waals surface area contributed by atoms with Gasteiger partial charge in [0.15, 0.2) is 0 Å². The van der Waals surface area contributed by atoms with Crippen LogP contribution in [0.15, 0.2) is 48.5 Å². The maximum atomic E-state index is 12.8. The number of carbonyl (C=O) groups is 2. The smallest absolute Gasteiger partial charge is 0.251 e. The van der Waals surface area contributed by atoms with Crippen molar-refractivity contribution in [2.45, 2.75) is 12.3 Å². The Kier molecular flexibility index (Phi) is 7.03. The van der Waals surface area contributed by atoms with E-state index in [0.717, 1.165) is 5.56 Å². The van der Waals surface area contributed by atoms with Crippen LogP contribution in [0.1, 0.15) is 21.5 Å². The summed E-state index contributed by atoms with van der Waals surface area (Å²) in [7, 11) is -1.98. The molecule has 0 saturated carbocycles. The molecular weight excluding hydrogens is 373 g/mol. The lowest BCUT2D eigenvalue weighted by molar-refractivity contribution is -0.120. The summed E-state index contributed by atoms with van der Waals surface area (Å²) in [5, 5.41) is 5.10. The second-order valence-corrected chi connectivity index (χ2v) is 7.67. The van der Waals surface area contributed by atoms with Crippen LogP contribution in [0.3, 0.4) is 0 Å². The molecule has 0 aliphatic heterocycles. The molecule has 2 aromatic rings. The van der Waals surface area contributed by atoms with Crippen molar-refractivity contribution in [2.24, 2.45) is 0 Å². The van der Waals surface area contributed by atoms with Crippen molar-refractivity contribution in [1.29, 1.82) is 0 Å². The molecular formula is C18H20FN3O4S. The zero-order chi connectivity index (χ0) is 19.9. The number of rotatable bonds is 8. The molecule has 0 bridgehead atoms. The van der Waals surface area contributed by atoms with Gasteiger partial charge in [-0.2, -0.15) is 0 Å². The number of carbonyl (C=O) groups excluding carboxylic acids is 2. The highest BCUT2D eigenvalue weighted by molar-refractivity contribution is 7.88. The summed E-state index contributed by atoms with van der Waals surface area (Å²) in [6.45, 7) is 0.0268. The molecule has 3 N–H and O–H groups in total. The Hall–Kier alpha value is -2.78. The molecule has 2 amide bonds. The molecule has 2 aromatic carbocycles. The largest absolute Gasteiger partial charge is 0.350 e. The molecule has 0 aromatic heterocycles. The average Bonchev–Trinajstić information content (AvgIpc) is 2.66. The molecule has 0 aliphatic carbocycles. The van der Waals surface area contributed by atoms with Gasteiger partial charge in [-0.05, 0) is 42.4 Å². The molecule has 9 heteroatoms. The van der Waals surface area contributed by atoms with Crippen LogP contribution < -0.4 is 15.4 Å². The number of sulfonamides is 1. The summed E-state index contributed by atoms with van der Waals surface area (Å²) < 4.78 is 38.1. The molecule has 27 heavy (non-hydrogen) atoms. The van der Waals surface area contributed by atoms with E-state index in [1.54, 1.807) is 24.3 Å². The normalized spacial score (nSPS) is 11.0. The Labute approximate surface area is 157 Å². The maximum absolute atomic E-state index is 12.8. The second-order valence-electron chi connectivity index (χ2n) is 5.75. The van der Waals surface area contributed by atoms with E-state index < -0.39 is 21.7 Å². The minimum Gasteiger partial charge on any atom is -0.350 e. The van der Waals surface area contributed by atoms with Crippen LogP contribution in [0.2, 0.25) is 0 Å². The molecule has 144 valence electrons. The van der Waals surface area contributed by atoms with Gasteiger partial charge in [0, 0.05) is 12.1 Å². The van der Waals surface area contributed by atoms with Crippen molar-refractivity contribution in [2.75, 3.05) is 13.6 Å². The van der Waals surface area contributed by atoms with Crippen LogP contribution in [-0.2, 0) is 27.1 Å². The van der Waals surface area contributed by atoms with Crippen molar-refractivity contribution in [1.82, 2.24) is 15.4 Å². The zero-order valence-corrected chi connectivity index (χ0v) is 15.5. The molecule has 0 fully saturated rings. The van der Waals surface area contributed by atoms with Crippen molar-refractivity contribution in [3.63, 3.8) is 0 Å². The summed E-state index contributed by atoms with van der Waals surface area (Å²) in [6, 6.07) is 11.8. The lowest BCUT2D eigenvalue weighted by Gasteiger charge is -2.08. The van der Waals surface area contributed by atoms with Gasteiger partial charge in [-0.1, -0.05) is 24.3 Å². The molecule has 7 nitrogen and oxygen atoms in total. The van der Waals surface area contributed by atoms with E-state index in [0.29, 0.717) is 5.56 Å². The number of benzene rings is 2. The van der Waals surface area contributed by atoms with E-state index in [9.17, 15) is 22.4 Å². The van der Waals surface area contributed by atoms with Gasteiger partial charge in [0.25, 0.3) is 5.91 Å². The van der Waals surface area contributed by atoms with Crippen LogP contribution in [0.4, 0.5) is 4.39 Å². The van der Waals surface area contributed by atoms with Crippen molar-refractivity contribution in [3.05, 3.63) is 71.0 Å². The standard InChI is InChI=1S/C18H20FN3O4S/c1-20-27(25,26)12-14-4-2-13(3-5-14)10-21-17(23)11-22-18(24)15-6-8-16(19)9-7-15/h2-9,20H,10-12H2,1H3,(H,21,23)(H,22,24). The summed E-state index contributed by atoms with van der Waals surface area (Å²) in [4.78, 5) is 23.7. The summed E-state index contributed by atoms with van der Waals surface area (Å²) in [5.74, 6) is -1.42. The SMILES string of the molecule is CNS(=O)(=O)Cc1ccc(CNC(=O)CNC(=O)c2ccc(F)cc2)cc1. The minimum absolute atomic E-state index is 0.119. The van der Waals surface area contributed by atoms with Gasteiger partial charge in [0.1, 0.15) is 5.82 Å². The van der Waals surface area contributed by atoms with E-state index in [2.05, 4.69) is 15.4 Å². The monoisotopic (exact) mass is 393 g/mol. The quantitative estimate of drug-likeness (QED) is 0.620. The fourth-order valence-electron chi connectivity index (χ4n) is 2.17. The lowest BCUT2D eigenvalue weighted by Crippen LogP contribution is -2.36. The van der Waals surface area contributed by atoms with Crippen molar-refractivity contribution in [3.8, 4) is 0 Å². The highest BCUT2D eigenvalue weighted by Crippen LogP contribution is 2.07.